The van der Waals surface area contributed by atoms with Crippen LogP contribution in [0.1, 0.15) is 45.1 Å². The molecule has 0 radical (unpaired) electrons. The first kappa shape index (κ1) is 23.6. The van der Waals surface area contributed by atoms with Gasteiger partial charge in [-0.3, -0.25) is 9.59 Å². The Morgan fingerprint density at radius 1 is 1.16 bits per heavy atom. The highest BCUT2D eigenvalue weighted by molar-refractivity contribution is 6.30. The standard InChI is InChI=1S/C22H21ClF3N3O3/c1-12-5-15(8-16(23)6-12)19-9-18(29-32-19)14-3-4-17(13(2)7-14)21(31)27-10-20(30)28-11-22(24,25)26/h3-8,19H,9-11H2,1-2H3,(H,27,31)(H,28,30). The average molecular weight is 468 g/mol. The van der Waals surface area contributed by atoms with Crippen LogP contribution in [0.2, 0.25) is 5.02 Å². The first-order valence-electron chi connectivity index (χ1n) is 9.74. The Morgan fingerprint density at radius 2 is 1.91 bits per heavy atom. The van der Waals surface area contributed by atoms with Crippen molar-refractivity contribution in [3.63, 3.8) is 0 Å². The van der Waals surface area contributed by atoms with Gasteiger partial charge in [0, 0.05) is 17.0 Å². The molecular formula is C22H21ClF3N3O3. The molecule has 170 valence electrons. The first-order chi connectivity index (χ1) is 15.0. The van der Waals surface area contributed by atoms with Crippen LogP contribution in [-0.2, 0) is 9.63 Å². The van der Waals surface area contributed by atoms with Gasteiger partial charge in [0.1, 0.15) is 6.54 Å². The third-order valence-corrected chi connectivity index (χ3v) is 5.02. The van der Waals surface area contributed by atoms with E-state index in [0.717, 1.165) is 16.7 Å². The van der Waals surface area contributed by atoms with Crippen LogP contribution < -0.4 is 10.6 Å². The molecule has 6 nitrogen and oxygen atoms in total. The van der Waals surface area contributed by atoms with E-state index in [1.54, 1.807) is 30.4 Å². The summed E-state index contributed by atoms with van der Waals surface area (Å²) in [7, 11) is 0. The van der Waals surface area contributed by atoms with Crippen molar-refractivity contribution in [2.45, 2.75) is 32.5 Å². The van der Waals surface area contributed by atoms with Crippen molar-refractivity contribution < 1.29 is 27.6 Å². The Bertz CT molecular complexity index is 1050. The molecule has 2 aromatic rings. The van der Waals surface area contributed by atoms with Gasteiger partial charge in [-0.15, -0.1) is 0 Å². The van der Waals surface area contributed by atoms with E-state index in [2.05, 4.69) is 10.5 Å². The molecule has 0 aromatic heterocycles. The van der Waals surface area contributed by atoms with Gasteiger partial charge in [0.15, 0.2) is 6.10 Å². The number of aryl methyl sites for hydroxylation is 2. The summed E-state index contributed by atoms with van der Waals surface area (Å²) in [6.07, 6.45) is -4.24. The smallest absolute Gasteiger partial charge is 0.387 e. The lowest BCUT2D eigenvalue weighted by Crippen LogP contribution is -2.41. The molecule has 1 aliphatic heterocycles. The lowest BCUT2D eigenvalue weighted by Gasteiger charge is -2.11. The number of nitrogens with zero attached hydrogens (tertiary/aromatic N) is 1. The zero-order chi connectivity index (χ0) is 23.5. The number of carbonyl (C=O) groups is 2. The van der Waals surface area contributed by atoms with Gasteiger partial charge >= 0.3 is 6.18 Å². The van der Waals surface area contributed by atoms with Crippen LogP contribution in [0.4, 0.5) is 13.2 Å². The number of halogens is 4. The number of amides is 2. The van der Waals surface area contributed by atoms with Crippen molar-refractivity contribution in [2.75, 3.05) is 13.1 Å². The molecule has 0 saturated heterocycles. The minimum absolute atomic E-state index is 0.263. The molecule has 0 bridgehead atoms. The maximum Gasteiger partial charge on any atom is 0.405 e. The zero-order valence-corrected chi connectivity index (χ0v) is 18.1. The topological polar surface area (TPSA) is 79.8 Å². The van der Waals surface area contributed by atoms with Crippen molar-refractivity contribution in [3.8, 4) is 0 Å². The molecule has 0 saturated carbocycles. The number of alkyl halides is 3. The van der Waals surface area contributed by atoms with Gasteiger partial charge in [0.05, 0.1) is 12.3 Å². The predicted molar refractivity (Wildman–Crippen MR) is 114 cm³/mol. The molecule has 2 amide bonds. The Hall–Kier alpha value is -3.07. The Balaban J connectivity index is 1.60. The van der Waals surface area contributed by atoms with Crippen LogP contribution in [0.5, 0.6) is 0 Å². The summed E-state index contributed by atoms with van der Waals surface area (Å²) in [6, 6.07) is 10.7. The lowest BCUT2D eigenvalue weighted by molar-refractivity contribution is -0.137. The van der Waals surface area contributed by atoms with E-state index < -0.39 is 31.1 Å². The summed E-state index contributed by atoms with van der Waals surface area (Å²) in [6.45, 7) is 1.66. The van der Waals surface area contributed by atoms with Crippen LogP contribution in [0.3, 0.4) is 0 Å². The minimum atomic E-state index is -4.51. The monoisotopic (exact) mass is 467 g/mol. The van der Waals surface area contributed by atoms with Crippen molar-refractivity contribution in [1.82, 2.24) is 10.6 Å². The Labute approximate surface area is 187 Å². The summed E-state index contributed by atoms with van der Waals surface area (Å²) in [5, 5.41) is 8.80. The molecule has 10 heteroatoms. The molecule has 1 unspecified atom stereocenters. The normalized spacial score (nSPS) is 15.7. The van der Waals surface area contributed by atoms with Crippen molar-refractivity contribution in [1.29, 1.82) is 0 Å². The van der Waals surface area contributed by atoms with E-state index in [-0.39, 0.29) is 6.10 Å². The maximum atomic E-state index is 12.3. The van der Waals surface area contributed by atoms with Crippen molar-refractivity contribution >= 4 is 29.1 Å². The van der Waals surface area contributed by atoms with Gasteiger partial charge in [-0.2, -0.15) is 13.2 Å². The largest absolute Gasteiger partial charge is 0.405 e. The fraction of sp³-hybridized carbons (Fsp3) is 0.318. The Morgan fingerprint density at radius 3 is 2.56 bits per heavy atom. The number of nitrogens with one attached hydrogen (secondary N) is 2. The molecule has 32 heavy (non-hydrogen) atoms. The number of hydrogen-bond donors (Lipinski definition) is 2. The highest BCUT2D eigenvalue weighted by atomic mass is 35.5. The molecular weight excluding hydrogens is 447 g/mol. The molecule has 0 aliphatic carbocycles. The molecule has 1 atom stereocenters. The number of rotatable bonds is 6. The molecule has 3 rings (SSSR count). The maximum absolute atomic E-state index is 12.3. The second-order valence-corrected chi connectivity index (χ2v) is 7.94. The van der Waals surface area contributed by atoms with E-state index in [1.807, 2.05) is 25.1 Å². The van der Waals surface area contributed by atoms with Gasteiger partial charge in [-0.1, -0.05) is 28.9 Å². The average Bonchev–Trinajstić information content (AvgIpc) is 3.19. The molecule has 2 aromatic carbocycles. The molecule has 2 N–H and O–H groups in total. The summed E-state index contributed by atoms with van der Waals surface area (Å²) in [4.78, 5) is 29.4. The van der Waals surface area contributed by atoms with Crippen molar-refractivity contribution in [3.05, 3.63) is 69.2 Å². The predicted octanol–water partition coefficient (Wildman–Crippen LogP) is 4.23. The second kappa shape index (κ2) is 9.60. The van der Waals surface area contributed by atoms with Crippen LogP contribution in [0.15, 0.2) is 41.6 Å². The van der Waals surface area contributed by atoms with E-state index in [4.69, 9.17) is 16.4 Å². The molecule has 0 spiro atoms. The number of oxime groups is 1. The highest BCUT2D eigenvalue weighted by Crippen LogP contribution is 2.32. The van der Waals surface area contributed by atoms with Gasteiger partial charge in [-0.05, 0) is 60.4 Å². The number of benzene rings is 2. The van der Waals surface area contributed by atoms with Crippen LogP contribution in [0.25, 0.3) is 0 Å². The third-order valence-electron chi connectivity index (χ3n) is 4.80. The zero-order valence-electron chi connectivity index (χ0n) is 17.3. The van der Waals surface area contributed by atoms with E-state index in [1.165, 1.54) is 0 Å². The SMILES string of the molecule is Cc1cc(Cl)cc(C2CC(c3ccc(C(=O)NCC(=O)NCC(F)(F)F)c(C)c3)=NO2)c1. The minimum Gasteiger partial charge on any atom is -0.387 e. The van der Waals surface area contributed by atoms with Crippen molar-refractivity contribution in [2.24, 2.45) is 5.16 Å². The lowest BCUT2D eigenvalue weighted by atomic mass is 9.96. The second-order valence-electron chi connectivity index (χ2n) is 7.50. The van der Waals surface area contributed by atoms with Gasteiger partial charge in [0.2, 0.25) is 5.91 Å². The summed E-state index contributed by atoms with van der Waals surface area (Å²) in [5.74, 6) is -1.49. The van der Waals surface area contributed by atoms with Crippen LogP contribution in [0, 0.1) is 13.8 Å². The van der Waals surface area contributed by atoms with Gasteiger partial charge in [0.25, 0.3) is 5.91 Å². The van der Waals surface area contributed by atoms with E-state index >= 15 is 0 Å². The summed E-state index contributed by atoms with van der Waals surface area (Å²) in [5.41, 5.74) is 4.37. The van der Waals surface area contributed by atoms with E-state index in [0.29, 0.717) is 28.3 Å². The number of carbonyl (C=O) groups excluding carboxylic acids is 2. The molecule has 0 fully saturated rings. The van der Waals surface area contributed by atoms with Crippen LogP contribution in [-0.4, -0.2) is 36.8 Å². The molecule has 1 heterocycles. The quantitative estimate of drug-likeness (QED) is 0.667. The summed E-state index contributed by atoms with van der Waals surface area (Å²) >= 11 is 6.13. The Kier molecular flexibility index (Phi) is 7.08. The van der Waals surface area contributed by atoms with E-state index in [9.17, 15) is 22.8 Å². The fourth-order valence-corrected chi connectivity index (χ4v) is 3.59. The molecule has 1 aliphatic rings. The summed E-state index contributed by atoms with van der Waals surface area (Å²) < 4.78 is 36.4. The third kappa shape index (κ3) is 6.23. The van der Waals surface area contributed by atoms with Gasteiger partial charge in [-0.25, -0.2) is 0 Å². The van der Waals surface area contributed by atoms with Gasteiger partial charge < -0.3 is 15.5 Å². The fourth-order valence-electron chi connectivity index (χ4n) is 3.29. The first-order valence-corrected chi connectivity index (χ1v) is 10.1. The highest BCUT2D eigenvalue weighted by Gasteiger charge is 2.28. The van der Waals surface area contributed by atoms with Crippen LogP contribution >= 0.6 is 11.6 Å². The number of hydrogen-bond acceptors (Lipinski definition) is 4.